The number of benzene rings is 1. The summed E-state index contributed by atoms with van der Waals surface area (Å²) < 4.78 is 6.20. The van der Waals surface area contributed by atoms with Crippen LogP contribution in [0.1, 0.15) is 12.5 Å². The van der Waals surface area contributed by atoms with Crippen molar-refractivity contribution < 1.29 is 14.3 Å². The molecular weight excluding hydrogens is 310 g/mol. The third-order valence-corrected chi connectivity index (χ3v) is 3.18. The van der Waals surface area contributed by atoms with Crippen LogP contribution in [0.2, 0.25) is 0 Å². The lowest BCUT2D eigenvalue weighted by molar-refractivity contribution is -0.153. The molecule has 122 valence electrons. The molecule has 0 spiro atoms. The summed E-state index contributed by atoms with van der Waals surface area (Å²) in [5.74, 6) is -1.27. The van der Waals surface area contributed by atoms with Crippen molar-refractivity contribution in [3.8, 4) is 6.07 Å². The fraction of sp³-hybridized carbons (Fsp3) is 0.176. The van der Waals surface area contributed by atoms with Gasteiger partial charge in [0.15, 0.2) is 6.10 Å². The van der Waals surface area contributed by atoms with Gasteiger partial charge in [-0.15, -0.1) is 0 Å². The predicted octanol–water partition coefficient (Wildman–Crippen LogP) is 1.29. The highest BCUT2D eigenvalue weighted by Crippen LogP contribution is 2.14. The second-order valence-corrected chi connectivity index (χ2v) is 4.95. The molecule has 2 aromatic rings. The van der Waals surface area contributed by atoms with Crippen LogP contribution in [0.5, 0.6) is 0 Å². The molecule has 1 aromatic carbocycles. The number of hydrogen-bond acceptors (Lipinski definition) is 5. The topological polar surface area (TPSA) is 101 Å². The number of amides is 1. The largest absolute Gasteiger partial charge is 0.451 e. The van der Waals surface area contributed by atoms with Gasteiger partial charge >= 0.3 is 5.97 Å². The highest BCUT2D eigenvalue weighted by atomic mass is 16.5. The second kappa shape index (κ2) is 7.74. The number of aromatic nitrogens is 1. The molecule has 1 N–H and O–H groups in total. The summed E-state index contributed by atoms with van der Waals surface area (Å²) in [6.07, 6.45) is 0.390. The van der Waals surface area contributed by atoms with Crippen LogP contribution in [-0.4, -0.2) is 22.5 Å². The van der Waals surface area contributed by atoms with Crippen LogP contribution in [0.3, 0.4) is 0 Å². The Morgan fingerprint density at radius 1 is 1.25 bits per heavy atom. The van der Waals surface area contributed by atoms with Crippen molar-refractivity contribution in [3.63, 3.8) is 0 Å². The molecular formula is C17H15N3O4. The zero-order valence-electron chi connectivity index (χ0n) is 12.9. The van der Waals surface area contributed by atoms with Crippen LogP contribution >= 0.6 is 0 Å². The van der Waals surface area contributed by atoms with Crippen molar-refractivity contribution >= 4 is 17.6 Å². The maximum absolute atomic E-state index is 12.1. The monoisotopic (exact) mass is 325 g/mol. The molecule has 7 heteroatoms. The summed E-state index contributed by atoms with van der Waals surface area (Å²) in [5.41, 5.74) is 0.307. The molecule has 7 nitrogen and oxygen atoms in total. The van der Waals surface area contributed by atoms with E-state index in [4.69, 9.17) is 10.00 Å². The van der Waals surface area contributed by atoms with Crippen molar-refractivity contribution in [3.05, 3.63) is 64.6 Å². The van der Waals surface area contributed by atoms with Gasteiger partial charge in [-0.25, -0.2) is 0 Å². The van der Waals surface area contributed by atoms with Crippen molar-refractivity contribution in [2.24, 2.45) is 0 Å². The number of para-hydroxylation sites is 1. The molecule has 0 radical (unpaired) electrons. The van der Waals surface area contributed by atoms with Gasteiger partial charge in [0, 0.05) is 12.3 Å². The normalized spacial score (nSPS) is 11.2. The van der Waals surface area contributed by atoms with Gasteiger partial charge in [-0.2, -0.15) is 5.26 Å². The summed E-state index contributed by atoms with van der Waals surface area (Å²) in [6, 6.07) is 13.0. The van der Waals surface area contributed by atoms with Gasteiger partial charge in [-0.3, -0.25) is 14.4 Å². The fourth-order valence-electron chi connectivity index (χ4n) is 1.94. The smallest absolute Gasteiger partial charge is 0.326 e. The lowest BCUT2D eigenvalue weighted by Crippen LogP contribution is -2.32. The molecule has 1 aromatic heterocycles. The fourth-order valence-corrected chi connectivity index (χ4v) is 1.94. The van der Waals surface area contributed by atoms with Crippen LogP contribution in [0.4, 0.5) is 5.69 Å². The first kappa shape index (κ1) is 17.0. The maximum Gasteiger partial charge on any atom is 0.326 e. The number of hydrogen-bond donors (Lipinski definition) is 1. The Morgan fingerprint density at radius 3 is 2.67 bits per heavy atom. The molecule has 0 unspecified atom stereocenters. The van der Waals surface area contributed by atoms with Gasteiger partial charge < -0.3 is 14.6 Å². The molecule has 0 aliphatic heterocycles. The zero-order chi connectivity index (χ0) is 17.5. The maximum atomic E-state index is 12.1. The Balaban J connectivity index is 1.96. The Labute approximate surface area is 138 Å². The van der Waals surface area contributed by atoms with Crippen LogP contribution in [0.25, 0.3) is 0 Å². The summed E-state index contributed by atoms with van der Waals surface area (Å²) >= 11 is 0. The molecule has 0 bridgehead atoms. The van der Waals surface area contributed by atoms with Crippen LogP contribution in [0, 0.1) is 11.3 Å². The van der Waals surface area contributed by atoms with E-state index >= 15 is 0 Å². The molecule has 1 atom stereocenters. The number of esters is 1. The van der Waals surface area contributed by atoms with Gasteiger partial charge in [-0.05, 0) is 25.1 Å². The number of nitriles is 1. The van der Waals surface area contributed by atoms with Gasteiger partial charge in [0.05, 0.1) is 11.3 Å². The minimum atomic E-state index is -1.07. The van der Waals surface area contributed by atoms with Gasteiger partial charge in [0.2, 0.25) is 0 Å². The zero-order valence-corrected chi connectivity index (χ0v) is 12.9. The van der Waals surface area contributed by atoms with E-state index in [1.54, 1.807) is 36.4 Å². The van der Waals surface area contributed by atoms with Gasteiger partial charge in [0.25, 0.3) is 11.5 Å². The Kier molecular flexibility index (Phi) is 5.47. The number of carbonyl (C=O) groups is 2. The molecule has 0 aliphatic carbocycles. The van der Waals surface area contributed by atoms with Crippen LogP contribution in [0.15, 0.2) is 53.5 Å². The second-order valence-electron chi connectivity index (χ2n) is 4.95. The molecule has 1 amide bonds. The van der Waals surface area contributed by atoms with Gasteiger partial charge in [0.1, 0.15) is 12.6 Å². The van der Waals surface area contributed by atoms with E-state index in [-0.39, 0.29) is 12.1 Å². The van der Waals surface area contributed by atoms with E-state index in [9.17, 15) is 14.4 Å². The van der Waals surface area contributed by atoms with E-state index in [0.717, 1.165) is 0 Å². The van der Waals surface area contributed by atoms with E-state index < -0.39 is 18.0 Å². The molecule has 2 rings (SSSR count). The number of rotatable bonds is 5. The Morgan fingerprint density at radius 2 is 1.96 bits per heavy atom. The molecule has 0 saturated carbocycles. The van der Waals surface area contributed by atoms with E-state index in [0.29, 0.717) is 11.3 Å². The first-order valence-corrected chi connectivity index (χ1v) is 7.16. The predicted molar refractivity (Wildman–Crippen MR) is 86.0 cm³/mol. The quantitative estimate of drug-likeness (QED) is 0.835. The third-order valence-electron chi connectivity index (χ3n) is 3.18. The standard InChI is InChI=1S/C17H15N3O4/c1-12(17(23)19-14-7-3-2-6-13(14)10-18)24-16(22)11-20-9-5-4-8-15(20)21/h2-9,12H,11H2,1H3,(H,19,23)/t12-/m1/s1. The van der Waals surface area contributed by atoms with Gasteiger partial charge in [-0.1, -0.05) is 18.2 Å². The number of ether oxygens (including phenoxy) is 1. The minimum absolute atomic E-state index is 0.286. The molecule has 0 fully saturated rings. The summed E-state index contributed by atoms with van der Waals surface area (Å²) in [7, 11) is 0. The van der Waals surface area contributed by atoms with E-state index in [1.807, 2.05) is 6.07 Å². The Bertz CT molecular complexity index is 851. The van der Waals surface area contributed by atoms with E-state index in [2.05, 4.69) is 5.32 Å². The summed E-state index contributed by atoms with van der Waals surface area (Å²) in [6.45, 7) is 1.13. The average molecular weight is 325 g/mol. The first-order chi connectivity index (χ1) is 11.5. The van der Waals surface area contributed by atoms with Crippen LogP contribution < -0.4 is 10.9 Å². The first-order valence-electron chi connectivity index (χ1n) is 7.16. The minimum Gasteiger partial charge on any atom is -0.451 e. The van der Waals surface area contributed by atoms with Crippen LogP contribution in [-0.2, 0) is 20.9 Å². The van der Waals surface area contributed by atoms with E-state index in [1.165, 1.54) is 23.8 Å². The number of pyridine rings is 1. The lowest BCUT2D eigenvalue weighted by atomic mass is 10.2. The van der Waals surface area contributed by atoms with Crippen molar-refractivity contribution in [1.82, 2.24) is 4.57 Å². The number of nitrogens with zero attached hydrogens (tertiary/aromatic N) is 2. The van der Waals surface area contributed by atoms with Crippen molar-refractivity contribution in [2.75, 3.05) is 5.32 Å². The molecule has 1 heterocycles. The Hall–Kier alpha value is -3.40. The summed E-state index contributed by atoms with van der Waals surface area (Å²) in [4.78, 5) is 35.4. The number of nitrogens with one attached hydrogen (secondary N) is 1. The van der Waals surface area contributed by atoms with Crippen molar-refractivity contribution in [1.29, 1.82) is 5.26 Å². The lowest BCUT2D eigenvalue weighted by Gasteiger charge is -2.14. The average Bonchev–Trinajstić information content (AvgIpc) is 2.57. The molecule has 24 heavy (non-hydrogen) atoms. The SMILES string of the molecule is C[C@@H](OC(=O)Cn1ccccc1=O)C(=O)Nc1ccccc1C#N. The molecule has 0 aliphatic rings. The highest BCUT2D eigenvalue weighted by molar-refractivity contribution is 5.96. The van der Waals surface area contributed by atoms with Crippen molar-refractivity contribution in [2.45, 2.75) is 19.6 Å². The molecule has 0 saturated heterocycles. The third kappa shape index (κ3) is 4.30. The summed E-state index contributed by atoms with van der Waals surface area (Å²) in [5, 5.41) is 11.5. The highest BCUT2D eigenvalue weighted by Gasteiger charge is 2.19. The number of anilines is 1. The number of carbonyl (C=O) groups excluding carboxylic acids is 2.